The summed E-state index contributed by atoms with van der Waals surface area (Å²) < 4.78 is 35.7. The molecule has 0 unspecified atom stereocenters. The van der Waals surface area contributed by atoms with Gasteiger partial charge in [-0.15, -0.1) is 0 Å². The van der Waals surface area contributed by atoms with Crippen LogP contribution in [0.5, 0.6) is 5.75 Å². The number of ether oxygens (including phenoxy) is 1. The Morgan fingerprint density at radius 3 is 2.45 bits per heavy atom. The van der Waals surface area contributed by atoms with Crippen LogP contribution in [0.3, 0.4) is 0 Å². The minimum absolute atomic E-state index is 0.219. The van der Waals surface area contributed by atoms with Crippen LogP contribution in [0, 0.1) is 0 Å². The van der Waals surface area contributed by atoms with Crippen LogP contribution in [0.2, 0.25) is 0 Å². The highest BCUT2D eigenvalue weighted by atomic mass is 79.9. The highest BCUT2D eigenvalue weighted by Gasteiger charge is 2.60. The molecule has 3 aromatic carbocycles. The minimum Gasteiger partial charge on any atom is -0.466 e. The molecule has 0 bridgehead atoms. The van der Waals surface area contributed by atoms with Crippen molar-refractivity contribution in [1.82, 2.24) is 0 Å². The fourth-order valence-corrected chi connectivity index (χ4v) is 6.15. The summed E-state index contributed by atoms with van der Waals surface area (Å²) in [5, 5.41) is 0. The van der Waals surface area contributed by atoms with E-state index >= 15 is 0 Å². The molecule has 5 rings (SSSR count). The molecular weight excluding hydrogens is 476 g/mol. The Balaban J connectivity index is 1.47. The normalized spacial score (nSPS) is 21.0. The van der Waals surface area contributed by atoms with E-state index in [2.05, 4.69) is 64.6 Å². The molecule has 5 nitrogen and oxygen atoms in total. The summed E-state index contributed by atoms with van der Waals surface area (Å²) in [7, 11) is -1.61. The molecule has 7 heteroatoms. The Labute approximate surface area is 191 Å². The number of para-hydroxylation sites is 1. The zero-order valence-electron chi connectivity index (χ0n) is 17.5. The van der Waals surface area contributed by atoms with Crippen molar-refractivity contribution in [2.24, 2.45) is 0 Å². The number of hydrogen-bond acceptors (Lipinski definition) is 4. The lowest BCUT2D eigenvalue weighted by atomic mass is 9.76. The van der Waals surface area contributed by atoms with E-state index in [0.717, 1.165) is 21.5 Å². The third-order valence-corrected chi connectivity index (χ3v) is 8.53. The average Bonchev–Trinajstić information content (AvgIpc) is 3.19. The molecule has 1 atom stereocenters. The van der Waals surface area contributed by atoms with Crippen LogP contribution < -0.4 is 14.4 Å². The Kier molecular flexibility index (Phi) is 4.44. The van der Waals surface area contributed by atoms with Crippen LogP contribution in [-0.2, 0) is 21.9 Å². The second-order valence-corrected chi connectivity index (χ2v) is 11.2. The number of fused-ring (bicyclic) bond motifs is 2. The van der Waals surface area contributed by atoms with Gasteiger partial charge in [0.1, 0.15) is 5.75 Å². The van der Waals surface area contributed by atoms with E-state index in [-0.39, 0.29) is 10.3 Å². The van der Waals surface area contributed by atoms with Crippen molar-refractivity contribution in [2.75, 3.05) is 16.7 Å². The standard InChI is InChI=1S/C24H23BrN2O3S/c1-23(2)20-6-4-5-7-21(20)27(3)24(23)15-16-14-18(10-13-22(16)30-24)26-31(28,29)19-11-8-17(25)9-12-19/h4-14,26H,15H2,1-3H3/t24-/m1/s1. The SMILES string of the molecule is CN1c2ccccc2C(C)(C)[C@]12Cc1cc(NS(=O)(=O)c3ccc(Br)cc3)ccc1O2. The van der Waals surface area contributed by atoms with Gasteiger partial charge in [-0.05, 0) is 67.9 Å². The third kappa shape index (κ3) is 2.97. The summed E-state index contributed by atoms with van der Waals surface area (Å²) in [6.45, 7) is 4.41. The van der Waals surface area contributed by atoms with Crippen molar-refractivity contribution in [3.63, 3.8) is 0 Å². The molecule has 0 saturated carbocycles. The van der Waals surface area contributed by atoms with Gasteiger partial charge in [0.15, 0.2) is 5.72 Å². The highest BCUT2D eigenvalue weighted by molar-refractivity contribution is 9.10. The van der Waals surface area contributed by atoms with E-state index < -0.39 is 15.7 Å². The third-order valence-electron chi connectivity index (χ3n) is 6.60. The zero-order valence-corrected chi connectivity index (χ0v) is 19.9. The van der Waals surface area contributed by atoms with Crippen molar-refractivity contribution < 1.29 is 13.2 Å². The minimum atomic E-state index is -3.67. The van der Waals surface area contributed by atoms with Crippen molar-refractivity contribution in [2.45, 2.75) is 36.3 Å². The van der Waals surface area contributed by atoms with Crippen LogP contribution in [0.25, 0.3) is 0 Å². The first-order valence-corrected chi connectivity index (χ1v) is 12.4. The van der Waals surface area contributed by atoms with Crippen LogP contribution in [0.15, 0.2) is 76.1 Å². The first kappa shape index (κ1) is 20.4. The quantitative estimate of drug-likeness (QED) is 0.531. The molecule has 160 valence electrons. The van der Waals surface area contributed by atoms with E-state index in [1.54, 1.807) is 30.3 Å². The monoisotopic (exact) mass is 498 g/mol. The number of likely N-dealkylation sites (N-methyl/N-ethyl adjacent to an activating group) is 1. The number of rotatable bonds is 3. The van der Waals surface area contributed by atoms with Crippen LogP contribution in [0.4, 0.5) is 11.4 Å². The van der Waals surface area contributed by atoms with Crippen LogP contribution >= 0.6 is 15.9 Å². The lowest BCUT2D eigenvalue weighted by Crippen LogP contribution is -2.58. The number of hydrogen-bond donors (Lipinski definition) is 1. The van der Waals surface area contributed by atoms with Gasteiger partial charge in [-0.3, -0.25) is 4.72 Å². The summed E-state index contributed by atoms with van der Waals surface area (Å²) in [5.41, 5.74) is 3.14. The van der Waals surface area contributed by atoms with Gasteiger partial charge >= 0.3 is 0 Å². The zero-order chi connectivity index (χ0) is 22.0. The number of halogens is 1. The molecule has 0 radical (unpaired) electrons. The lowest BCUT2D eigenvalue weighted by molar-refractivity contribution is 0.0350. The number of sulfonamides is 1. The Bertz CT molecular complexity index is 1290. The fraction of sp³-hybridized carbons (Fsp3) is 0.250. The van der Waals surface area contributed by atoms with Gasteiger partial charge in [0, 0.05) is 34.9 Å². The smallest absolute Gasteiger partial charge is 0.261 e. The molecule has 3 aromatic rings. The first-order chi connectivity index (χ1) is 14.6. The number of nitrogens with one attached hydrogen (secondary N) is 1. The maximum Gasteiger partial charge on any atom is 0.261 e. The summed E-state index contributed by atoms with van der Waals surface area (Å²) in [6.07, 6.45) is 0.661. The molecule has 2 aliphatic rings. The first-order valence-electron chi connectivity index (χ1n) is 10.1. The van der Waals surface area contributed by atoms with Gasteiger partial charge in [-0.25, -0.2) is 8.42 Å². The topological polar surface area (TPSA) is 58.6 Å². The summed E-state index contributed by atoms with van der Waals surface area (Å²) in [4.78, 5) is 2.43. The van der Waals surface area contributed by atoms with Gasteiger partial charge in [-0.2, -0.15) is 0 Å². The number of anilines is 2. The van der Waals surface area contributed by atoms with E-state index in [1.807, 2.05) is 18.2 Å². The molecule has 2 aliphatic heterocycles. The van der Waals surface area contributed by atoms with E-state index in [4.69, 9.17) is 4.74 Å². The van der Waals surface area contributed by atoms with Crippen molar-refractivity contribution in [3.05, 3.63) is 82.3 Å². The second-order valence-electron chi connectivity index (χ2n) is 8.65. The fourth-order valence-electron chi connectivity index (χ4n) is 4.84. The predicted molar refractivity (Wildman–Crippen MR) is 126 cm³/mol. The summed E-state index contributed by atoms with van der Waals surface area (Å²) in [5.74, 6) is 0.791. The molecule has 31 heavy (non-hydrogen) atoms. The summed E-state index contributed by atoms with van der Waals surface area (Å²) >= 11 is 3.33. The van der Waals surface area contributed by atoms with E-state index in [0.29, 0.717) is 12.1 Å². The molecular formula is C24H23BrN2O3S. The van der Waals surface area contributed by atoms with Gasteiger partial charge < -0.3 is 9.64 Å². The molecule has 2 heterocycles. The Morgan fingerprint density at radius 2 is 1.74 bits per heavy atom. The highest BCUT2D eigenvalue weighted by Crippen LogP contribution is 2.56. The molecule has 0 fully saturated rings. The molecule has 1 spiro atoms. The number of benzene rings is 3. The second kappa shape index (κ2) is 6.74. The predicted octanol–water partition coefficient (Wildman–Crippen LogP) is 5.31. The molecule has 0 aliphatic carbocycles. The lowest BCUT2D eigenvalue weighted by Gasteiger charge is -2.42. The van der Waals surface area contributed by atoms with Gasteiger partial charge in [0.2, 0.25) is 0 Å². The van der Waals surface area contributed by atoms with Gasteiger partial charge in [0.25, 0.3) is 10.0 Å². The van der Waals surface area contributed by atoms with Crippen molar-refractivity contribution in [3.8, 4) is 5.75 Å². The molecule has 0 amide bonds. The number of nitrogens with zero attached hydrogens (tertiary/aromatic N) is 1. The molecule has 0 saturated heterocycles. The molecule has 1 N–H and O–H groups in total. The Hall–Kier alpha value is -2.51. The summed E-state index contributed by atoms with van der Waals surface area (Å²) in [6, 6.07) is 20.4. The molecule has 0 aromatic heterocycles. The largest absolute Gasteiger partial charge is 0.466 e. The van der Waals surface area contributed by atoms with Gasteiger partial charge in [-0.1, -0.05) is 34.1 Å². The van der Waals surface area contributed by atoms with E-state index in [1.165, 1.54) is 5.56 Å². The van der Waals surface area contributed by atoms with Crippen LogP contribution in [0.1, 0.15) is 25.0 Å². The van der Waals surface area contributed by atoms with Crippen LogP contribution in [-0.4, -0.2) is 21.2 Å². The van der Waals surface area contributed by atoms with Crippen molar-refractivity contribution >= 4 is 37.3 Å². The maximum atomic E-state index is 12.8. The Morgan fingerprint density at radius 1 is 1.03 bits per heavy atom. The maximum absolute atomic E-state index is 12.8. The average molecular weight is 499 g/mol. The van der Waals surface area contributed by atoms with Gasteiger partial charge in [0.05, 0.1) is 10.3 Å². The van der Waals surface area contributed by atoms with Crippen molar-refractivity contribution in [1.29, 1.82) is 0 Å². The van der Waals surface area contributed by atoms with E-state index in [9.17, 15) is 8.42 Å².